The predicted octanol–water partition coefficient (Wildman–Crippen LogP) is 4.82. The summed E-state index contributed by atoms with van der Waals surface area (Å²) in [6.07, 6.45) is -3.57. The fraction of sp³-hybridized carbons (Fsp3) is 0.227. The molecule has 11 heteroatoms. The molecule has 0 fully saturated rings. The van der Waals surface area contributed by atoms with Crippen molar-refractivity contribution >= 4 is 12.2 Å². The fourth-order valence-electron chi connectivity index (χ4n) is 2.82. The lowest BCUT2D eigenvalue weighted by Gasteiger charge is -2.09. The Morgan fingerprint density at radius 3 is 2.61 bits per heavy atom. The first kappa shape index (κ1) is 23.6. The predicted molar refractivity (Wildman–Crippen MR) is 110 cm³/mol. The fourth-order valence-corrected chi connectivity index (χ4v) is 2.82. The van der Waals surface area contributed by atoms with Crippen molar-refractivity contribution in [1.82, 2.24) is 5.16 Å². The molecule has 0 atom stereocenters. The van der Waals surface area contributed by atoms with E-state index in [1.807, 2.05) is 0 Å². The molecule has 0 amide bonds. The Morgan fingerprint density at radius 1 is 1.18 bits per heavy atom. The summed E-state index contributed by atoms with van der Waals surface area (Å²) in [5, 5.41) is 16.7. The largest absolute Gasteiger partial charge is 0.573 e. The van der Waals surface area contributed by atoms with Crippen molar-refractivity contribution in [2.24, 2.45) is 5.16 Å². The Morgan fingerprint density at radius 2 is 1.94 bits per heavy atom. The van der Waals surface area contributed by atoms with Gasteiger partial charge in [-0.2, -0.15) is 0 Å². The molecule has 3 rings (SSSR count). The van der Waals surface area contributed by atoms with E-state index < -0.39 is 12.3 Å². The van der Waals surface area contributed by atoms with Crippen LogP contribution >= 0.6 is 0 Å². The van der Waals surface area contributed by atoms with Gasteiger partial charge in [0, 0.05) is 5.56 Å². The first-order valence-electron chi connectivity index (χ1n) is 9.68. The van der Waals surface area contributed by atoms with Gasteiger partial charge >= 0.3 is 12.3 Å². The molecule has 0 spiro atoms. The molecule has 0 unspecified atom stereocenters. The molecule has 0 aliphatic heterocycles. The molecule has 0 saturated carbocycles. The number of benzene rings is 2. The first-order valence-corrected chi connectivity index (χ1v) is 9.68. The van der Waals surface area contributed by atoms with Crippen molar-refractivity contribution in [1.29, 1.82) is 0 Å². The Labute approximate surface area is 186 Å². The third kappa shape index (κ3) is 6.99. The lowest BCUT2D eigenvalue weighted by molar-refractivity contribution is -0.274. The number of halogens is 3. The third-order valence-electron chi connectivity index (χ3n) is 4.17. The number of aromatic nitrogens is 1. The molecular weight excluding hydrogens is 445 g/mol. The van der Waals surface area contributed by atoms with E-state index in [0.29, 0.717) is 34.7 Å². The van der Waals surface area contributed by atoms with Gasteiger partial charge in [0.2, 0.25) is 0 Å². The highest BCUT2D eigenvalue weighted by atomic mass is 19.4. The minimum Gasteiger partial charge on any atom is -0.487 e. The normalized spacial score (nSPS) is 11.5. The summed E-state index contributed by atoms with van der Waals surface area (Å²) in [6, 6.07) is 11.7. The molecule has 0 aliphatic rings. The highest BCUT2D eigenvalue weighted by Gasteiger charge is 2.31. The summed E-state index contributed by atoms with van der Waals surface area (Å²) in [6.45, 7) is 2.03. The highest BCUT2D eigenvalue weighted by molar-refractivity contribution is 5.89. The lowest BCUT2D eigenvalue weighted by atomic mass is 10.1. The molecule has 8 nitrogen and oxygen atoms in total. The van der Waals surface area contributed by atoms with Crippen LogP contribution in [-0.2, 0) is 22.7 Å². The second kappa shape index (κ2) is 10.5. The molecule has 1 aromatic heterocycles. The topological polar surface area (TPSA) is 103 Å². The molecule has 174 valence electrons. The van der Waals surface area contributed by atoms with Gasteiger partial charge in [0.15, 0.2) is 5.76 Å². The molecule has 3 aromatic rings. The van der Waals surface area contributed by atoms with Gasteiger partial charge in [-0.05, 0) is 48.9 Å². The molecular formula is C22H19F3N2O6. The Balaban J connectivity index is 1.82. The second-order valence-electron chi connectivity index (χ2n) is 6.60. The van der Waals surface area contributed by atoms with Gasteiger partial charge in [-0.25, -0.2) is 0 Å². The summed E-state index contributed by atoms with van der Waals surface area (Å²) >= 11 is 0. The molecule has 2 aromatic carbocycles. The number of oxime groups is 1. The van der Waals surface area contributed by atoms with Crippen LogP contribution in [0.3, 0.4) is 0 Å². The van der Waals surface area contributed by atoms with Crippen LogP contribution in [0.5, 0.6) is 11.5 Å². The van der Waals surface area contributed by atoms with E-state index in [1.54, 1.807) is 31.2 Å². The standard InChI is InChI=1S/C22H19F3N2O6/c1-2-31-26-12-18-19(13-30-17-5-3-4-14(10-17)11-20(28)29)27-33-21(18)15-6-8-16(9-7-15)32-22(23,24)25/h3-10,12H,2,11,13H2,1H3,(H,28,29). The van der Waals surface area contributed by atoms with E-state index >= 15 is 0 Å². The number of alkyl halides is 3. The maximum Gasteiger partial charge on any atom is 0.573 e. The van der Waals surface area contributed by atoms with Gasteiger partial charge in [0.25, 0.3) is 0 Å². The average molecular weight is 464 g/mol. The summed E-state index contributed by atoms with van der Waals surface area (Å²) < 4.78 is 52.2. The maximum absolute atomic E-state index is 12.4. The van der Waals surface area contributed by atoms with Crippen molar-refractivity contribution in [2.45, 2.75) is 26.3 Å². The van der Waals surface area contributed by atoms with E-state index in [4.69, 9.17) is 19.2 Å². The zero-order chi connectivity index (χ0) is 23.8. The van der Waals surface area contributed by atoms with Gasteiger partial charge in [0.05, 0.1) is 18.2 Å². The number of ether oxygens (including phenoxy) is 2. The number of carboxylic acids is 1. The zero-order valence-corrected chi connectivity index (χ0v) is 17.3. The highest BCUT2D eigenvalue weighted by Crippen LogP contribution is 2.30. The van der Waals surface area contributed by atoms with Crippen LogP contribution < -0.4 is 9.47 Å². The van der Waals surface area contributed by atoms with Gasteiger partial charge < -0.3 is 23.9 Å². The summed E-state index contributed by atoms with van der Waals surface area (Å²) in [5.41, 5.74) is 1.77. The average Bonchev–Trinajstić information content (AvgIpc) is 3.14. The van der Waals surface area contributed by atoms with Crippen LogP contribution in [0, 0.1) is 0 Å². The molecule has 0 bridgehead atoms. The molecule has 0 aliphatic carbocycles. The third-order valence-corrected chi connectivity index (χ3v) is 4.17. The van der Waals surface area contributed by atoms with Gasteiger partial charge in [-0.1, -0.05) is 22.4 Å². The number of hydrogen-bond acceptors (Lipinski definition) is 7. The zero-order valence-electron chi connectivity index (χ0n) is 17.3. The Bertz CT molecular complexity index is 1110. The number of carbonyl (C=O) groups is 1. The van der Waals surface area contributed by atoms with E-state index in [0.717, 1.165) is 12.1 Å². The summed E-state index contributed by atoms with van der Waals surface area (Å²) in [4.78, 5) is 15.9. The quantitative estimate of drug-likeness (QED) is 0.339. The van der Waals surface area contributed by atoms with E-state index in [9.17, 15) is 18.0 Å². The number of aliphatic carboxylic acids is 1. The van der Waals surface area contributed by atoms with Crippen LogP contribution in [0.4, 0.5) is 13.2 Å². The molecule has 0 saturated heterocycles. The molecule has 1 heterocycles. The molecule has 1 N–H and O–H groups in total. The summed E-state index contributed by atoms with van der Waals surface area (Å²) in [7, 11) is 0. The van der Waals surface area contributed by atoms with Crippen molar-refractivity contribution in [3.63, 3.8) is 0 Å². The van der Waals surface area contributed by atoms with Crippen molar-refractivity contribution < 1.29 is 41.9 Å². The smallest absolute Gasteiger partial charge is 0.487 e. The van der Waals surface area contributed by atoms with E-state index in [-0.39, 0.29) is 24.5 Å². The second-order valence-corrected chi connectivity index (χ2v) is 6.60. The van der Waals surface area contributed by atoms with E-state index in [1.165, 1.54) is 18.3 Å². The van der Waals surface area contributed by atoms with Crippen molar-refractivity contribution in [3.8, 4) is 22.8 Å². The van der Waals surface area contributed by atoms with Crippen LogP contribution in [-0.4, -0.2) is 35.4 Å². The van der Waals surface area contributed by atoms with Crippen LogP contribution in [0.2, 0.25) is 0 Å². The maximum atomic E-state index is 12.4. The van der Waals surface area contributed by atoms with Gasteiger partial charge in [0.1, 0.15) is 30.4 Å². The van der Waals surface area contributed by atoms with Gasteiger partial charge in [-0.15, -0.1) is 13.2 Å². The van der Waals surface area contributed by atoms with Gasteiger partial charge in [-0.3, -0.25) is 4.79 Å². The number of rotatable bonds is 10. The van der Waals surface area contributed by atoms with Crippen LogP contribution in [0.25, 0.3) is 11.3 Å². The Kier molecular flexibility index (Phi) is 7.54. The first-order chi connectivity index (χ1) is 15.7. The van der Waals surface area contributed by atoms with Crippen LogP contribution in [0.15, 0.2) is 58.2 Å². The number of nitrogens with zero attached hydrogens (tertiary/aromatic N) is 2. The minimum atomic E-state index is -4.80. The number of carboxylic acid groups (broad SMARTS) is 1. The monoisotopic (exact) mass is 464 g/mol. The molecule has 0 radical (unpaired) electrons. The molecule has 33 heavy (non-hydrogen) atoms. The van der Waals surface area contributed by atoms with Crippen LogP contribution in [0.1, 0.15) is 23.7 Å². The van der Waals surface area contributed by atoms with Crippen molar-refractivity contribution in [3.05, 3.63) is 65.4 Å². The Hall–Kier alpha value is -4.02. The number of hydrogen-bond donors (Lipinski definition) is 1. The lowest BCUT2D eigenvalue weighted by Crippen LogP contribution is -2.16. The van der Waals surface area contributed by atoms with Crippen molar-refractivity contribution in [2.75, 3.05) is 6.61 Å². The SMILES string of the molecule is CCON=Cc1c(COc2cccc(CC(=O)O)c2)noc1-c1ccc(OC(F)(F)F)cc1. The van der Waals surface area contributed by atoms with E-state index in [2.05, 4.69) is 15.0 Å². The minimum absolute atomic E-state index is 0.0389. The summed E-state index contributed by atoms with van der Waals surface area (Å²) in [5.74, 6) is -0.663.